The van der Waals surface area contributed by atoms with Crippen LogP contribution in [0.1, 0.15) is 12.5 Å². The number of esters is 1. The molecule has 0 bridgehead atoms. The van der Waals surface area contributed by atoms with Crippen molar-refractivity contribution in [1.29, 1.82) is 0 Å². The predicted molar refractivity (Wildman–Crippen MR) is 65.4 cm³/mol. The Morgan fingerprint density at radius 2 is 2.10 bits per heavy atom. The second-order valence-electron chi connectivity index (χ2n) is 4.18. The number of ether oxygens (including phenoxy) is 1. The Balaban J connectivity index is 2.43. The smallest absolute Gasteiger partial charge is 0.348 e. The van der Waals surface area contributed by atoms with Crippen LogP contribution in [0.3, 0.4) is 0 Å². The molecule has 0 radical (unpaired) electrons. The zero-order valence-corrected chi connectivity index (χ0v) is 10.7. The SMILES string of the molecule is COC(=O)CCn1c(=O)n2n(c1=O)C(C(=O)O)C=CC2. The van der Waals surface area contributed by atoms with Crippen LogP contribution in [-0.4, -0.2) is 38.1 Å². The van der Waals surface area contributed by atoms with Crippen molar-refractivity contribution in [2.24, 2.45) is 0 Å². The molecule has 0 aromatic carbocycles. The lowest BCUT2D eigenvalue weighted by Gasteiger charge is -2.16. The number of rotatable bonds is 4. The zero-order chi connectivity index (χ0) is 14.9. The van der Waals surface area contributed by atoms with Gasteiger partial charge in [0.05, 0.1) is 20.1 Å². The van der Waals surface area contributed by atoms with Crippen LogP contribution in [0, 0.1) is 0 Å². The number of hydrogen-bond acceptors (Lipinski definition) is 5. The standard InChI is InChI=1S/C11H13N3O6/c1-20-8(15)4-6-12-10(18)13-5-2-3-7(9(16)17)14(13)11(12)19/h2-3,7H,4-6H2,1H3,(H,16,17). The number of carboxylic acids is 1. The highest BCUT2D eigenvalue weighted by atomic mass is 16.5. The zero-order valence-electron chi connectivity index (χ0n) is 10.7. The highest BCUT2D eigenvalue weighted by molar-refractivity contribution is 5.74. The van der Waals surface area contributed by atoms with Crippen LogP contribution in [0.4, 0.5) is 0 Å². The molecule has 9 nitrogen and oxygen atoms in total. The van der Waals surface area contributed by atoms with Crippen LogP contribution in [-0.2, 0) is 27.4 Å². The molecular weight excluding hydrogens is 270 g/mol. The van der Waals surface area contributed by atoms with E-state index >= 15 is 0 Å². The van der Waals surface area contributed by atoms with Gasteiger partial charge in [0.25, 0.3) is 0 Å². The number of carbonyl (C=O) groups excluding carboxylic acids is 1. The van der Waals surface area contributed by atoms with Crippen molar-refractivity contribution in [2.75, 3.05) is 7.11 Å². The first-order chi connectivity index (χ1) is 9.47. The Bertz CT molecular complexity index is 692. The third kappa shape index (κ3) is 2.17. The molecule has 0 spiro atoms. The number of carbonyl (C=O) groups is 2. The molecule has 1 N–H and O–H groups in total. The molecule has 2 rings (SSSR count). The molecule has 9 heteroatoms. The summed E-state index contributed by atoms with van der Waals surface area (Å²) in [5.74, 6) is -1.79. The monoisotopic (exact) mass is 283 g/mol. The predicted octanol–water partition coefficient (Wildman–Crippen LogP) is -1.43. The first-order valence-electron chi connectivity index (χ1n) is 5.85. The minimum absolute atomic E-state index is 0.114. The fraction of sp³-hybridized carbons (Fsp3) is 0.455. The Labute approximate surface area is 112 Å². The van der Waals surface area contributed by atoms with Crippen molar-refractivity contribution >= 4 is 11.9 Å². The van der Waals surface area contributed by atoms with Crippen LogP contribution in [0.5, 0.6) is 0 Å². The molecule has 0 saturated heterocycles. The minimum atomic E-state index is -1.23. The molecule has 1 aliphatic rings. The summed E-state index contributed by atoms with van der Waals surface area (Å²) in [6.07, 6.45) is 2.71. The number of methoxy groups -OCH3 is 1. The Morgan fingerprint density at radius 3 is 2.70 bits per heavy atom. The van der Waals surface area contributed by atoms with Crippen LogP contribution in [0.15, 0.2) is 21.7 Å². The average Bonchev–Trinajstić information content (AvgIpc) is 2.68. The third-order valence-electron chi connectivity index (χ3n) is 3.02. The van der Waals surface area contributed by atoms with Gasteiger partial charge in [-0.15, -0.1) is 0 Å². The lowest BCUT2D eigenvalue weighted by molar-refractivity contribution is -0.141. The molecule has 1 aromatic heterocycles. The normalized spacial score (nSPS) is 16.8. The Morgan fingerprint density at radius 1 is 1.40 bits per heavy atom. The number of fused-ring (bicyclic) bond motifs is 1. The summed E-state index contributed by atoms with van der Waals surface area (Å²) in [4.78, 5) is 46.3. The maximum atomic E-state index is 12.1. The van der Waals surface area contributed by atoms with Crippen molar-refractivity contribution in [2.45, 2.75) is 25.6 Å². The van der Waals surface area contributed by atoms with Crippen LogP contribution < -0.4 is 11.4 Å². The van der Waals surface area contributed by atoms with E-state index in [-0.39, 0.29) is 19.5 Å². The van der Waals surface area contributed by atoms with E-state index in [2.05, 4.69) is 4.74 Å². The fourth-order valence-electron chi connectivity index (χ4n) is 2.03. The van der Waals surface area contributed by atoms with E-state index in [0.29, 0.717) is 0 Å². The fourth-order valence-corrected chi connectivity index (χ4v) is 2.03. The van der Waals surface area contributed by atoms with E-state index in [9.17, 15) is 19.2 Å². The van der Waals surface area contributed by atoms with Gasteiger partial charge in [-0.1, -0.05) is 12.2 Å². The summed E-state index contributed by atoms with van der Waals surface area (Å²) in [7, 11) is 1.20. The largest absolute Gasteiger partial charge is 0.479 e. The maximum absolute atomic E-state index is 12.1. The van der Waals surface area contributed by atoms with Gasteiger partial charge in [0.15, 0.2) is 6.04 Å². The summed E-state index contributed by atoms with van der Waals surface area (Å²) in [6.45, 7) is -0.0350. The highest BCUT2D eigenvalue weighted by Crippen LogP contribution is 2.10. The second-order valence-corrected chi connectivity index (χ2v) is 4.18. The molecule has 0 aliphatic carbocycles. The lowest BCUT2D eigenvalue weighted by atomic mass is 10.2. The minimum Gasteiger partial charge on any atom is -0.479 e. The number of nitrogens with zero attached hydrogens (tertiary/aromatic N) is 3. The molecule has 0 saturated carbocycles. The topological polar surface area (TPSA) is 113 Å². The average molecular weight is 283 g/mol. The summed E-state index contributed by atoms with van der Waals surface area (Å²) < 4.78 is 7.19. The van der Waals surface area contributed by atoms with Gasteiger partial charge in [0.2, 0.25) is 0 Å². The molecule has 0 fully saturated rings. The first-order valence-corrected chi connectivity index (χ1v) is 5.85. The molecule has 20 heavy (non-hydrogen) atoms. The van der Waals surface area contributed by atoms with Crippen molar-refractivity contribution in [3.8, 4) is 0 Å². The van der Waals surface area contributed by atoms with E-state index < -0.39 is 29.4 Å². The van der Waals surface area contributed by atoms with Gasteiger partial charge in [-0.3, -0.25) is 4.79 Å². The first kappa shape index (κ1) is 13.8. The number of aliphatic carboxylic acids is 1. The van der Waals surface area contributed by atoms with Gasteiger partial charge >= 0.3 is 23.3 Å². The molecule has 0 amide bonds. The van der Waals surface area contributed by atoms with Gasteiger partial charge in [0, 0.05) is 6.54 Å². The van der Waals surface area contributed by atoms with Crippen molar-refractivity contribution < 1.29 is 19.4 Å². The van der Waals surface area contributed by atoms with E-state index in [1.54, 1.807) is 0 Å². The number of allylic oxidation sites excluding steroid dienone is 1. The van der Waals surface area contributed by atoms with E-state index in [1.165, 1.54) is 19.3 Å². The molecule has 1 atom stereocenters. The van der Waals surface area contributed by atoms with Gasteiger partial charge < -0.3 is 9.84 Å². The van der Waals surface area contributed by atoms with Crippen molar-refractivity contribution in [3.63, 3.8) is 0 Å². The van der Waals surface area contributed by atoms with Crippen molar-refractivity contribution in [3.05, 3.63) is 33.1 Å². The molecule has 108 valence electrons. The summed E-state index contributed by atoms with van der Waals surface area (Å²) in [5.41, 5.74) is -1.40. The van der Waals surface area contributed by atoms with E-state index in [4.69, 9.17) is 5.11 Å². The van der Waals surface area contributed by atoms with Gasteiger partial charge in [-0.25, -0.2) is 28.3 Å². The third-order valence-corrected chi connectivity index (χ3v) is 3.02. The highest BCUT2D eigenvalue weighted by Gasteiger charge is 2.27. The molecule has 1 aliphatic heterocycles. The maximum Gasteiger partial charge on any atom is 0.348 e. The molecule has 1 aromatic rings. The van der Waals surface area contributed by atoms with Gasteiger partial charge in [0.1, 0.15) is 0 Å². The van der Waals surface area contributed by atoms with Crippen LogP contribution >= 0.6 is 0 Å². The lowest BCUT2D eigenvalue weighted by Crippen LogP contribution is -2.36. The number of aromatic nitrogens is 3. The summed E-state index contributed by atoms with van der Waals surface area (Å²) in [5, 5.41) is 9.06. The van der Waals surface area contributed by atoms with Gasteiger partial charge in [-0.2, -0.15) is 0 Å². The Hall–Kier alpha value is -2.58. The van der Waals surface area contributed by atoms with Crippen LogP contribution in [0.2, 0.25) is 0 Å². The van der Waals surface area contributed by atoms with Crippen molar-refractivity contribution in [1.82, 2.24) is 13.9 Å². The molecule has 1 unspecified atom stereocenters. The Kier molecular flexibility index (Phi) is 3.59. The quantitative estimate of drug-likeness (QED) is 0.535. The number of hydrogen-bond donors (Lipinski definition) is 1. The van der Waals surface area contributed by atoms with E-state index in [0.717, 1.165) is 13.9 Å². The van der Waals surface area contributed by atoms with Gasteiger partial charge in [-0.05, 0) is 0 Å². The van der Waals surface area contributed by atoms with Crippen LogP contribution in [0.25, 0.3) is 0 Å². The molecule has 2 heterocycles. The summed E-state index contributed by atoms with van der Waals surface area (Å²) >= 11 is 0. The second kappa shape index (κ2) is 5.19. The number of carboxylic acid groups (broad SMARTS) is 1. The molecular formula is C11H13N3O6. The summed E-state index contributed by atoms with van der Waals surface area (Å²) in [6, 6.07) is -1.22. The van der Waals surface area contributed by atoms with E-state index in [1.807, 2.05) is 0 Å².